The lowest BCUT2D eigenvalue weighted by Gasteiger charge is -2.29. The summed E-state index contributed by atoms with van der Waals surface area (Å²) in [5, 5.41) is 13.5. The molecule has 0 saturated heterocycles. The Morgan fingerprint density at radius 3 is 2.81 bits per heavy atom. The van der Waals surface area contributed by atoms with Crippen LogP contribution in [-0.4, -0.2) is 30.4 Å². The van der Waals surface area contributed by atoms with Crippen molar-refractivity contribution in [1.82, 2.24) is 5.32 Å². The summed E-state index contributed by atoms with van der Waals surface area (Å²) in [5.41, 5.74) is 0. The molecule has 0 spiro atoms. The van der Waals surface area contributed by atoms with E-state index in [0.717, 1.165) is 16.1 Å². The number of benzene rings is 1. The second-order valence-corrected chi connectivity index (χ2v) is 6.93. The minimum atomic E-state index is -0.477. The Morgan fingerprint density at radius 1 is 1.33 bits per heavy atom. The number of rotatable bonds is 7. The topological polar surface area (TPSA) is 41.5 Å². The molecule has 0 aromatic heterocycles. The summed E-state index contributed by atoms with van der Waals surface area (Å²) in [7, 11) is 0. The van der Waals surface area contributed by atoms with E-state index in [-0.39, 0.29) is 0 Å². The van der Waals surface area contributed by atoms with Gasteiger partial charge in [0.15, 0.2) is 0 Å². The van der Waals surface area contributed by atoms with Crippen LogP contribution in [0.1, 0.15) is 39.0 Å². The minimum Gasteiger partial charge on any atom is -0.491 e. The molecule has 3 nitrogen and oxygen atoms in total. The van der Waals surface area contributed by atoms with Crippen LogP contribution >= 0.6 is 15.9 Å². The Labute approximate surface area is 136 Å². The summed E-state index contributed by atoms with van der Waals surface area (Å²) in [6, 6.07) is 8.16. The first-order valence-corrected chi connectivity index (χ1v) is 8.74. The lowest BCUT2D eigenvalue weighted by atomic mass is 9.84. The molecule has 2 atom stereocenters. The van der Waals surface area contributed by atoms with Crippen LogP contribution < -0.4 is 10.1 Å². The van der Waals surface area contributed by atoms with Crippen molar-refractivity contribution in [3.63, 3.8) is 0 Å². The summed E-state index contributed by atoms with van der Waals surface area (Å²) < 4.78 is 6.59. The fourth-order valence-corrected chi connectivity index (χ4v) is 3.31. The molecular weight excluding hydrogens is 330 g/mol. The summed E-state index contributed by atoms with van der Waals surface area (Å²) in [6.07, 6.45) is 6.25. The van der Waals surface area contributed by atoms with Gasteiger partial charge in [0.1, 0.15) is 18.5 Å². The van der Waals surface area contributed by atoms with E-state index >= 15 is 0 Å². The standard InChI is InChI=1S/C17H26BrNO2/c1-13(14-6-3-2-4-7-14)19-11-16(20)12-21-17-9-5-8-15(18)10-17/h5,8-10,13-14,16,19-20H,2-4,6-7,11-12H2,1H3/t13-,16?/m0/s1. The van der Waals surface area contributed by atoms with Crippen LogP contribution in [0.5, 0.6) is 5.75 Å². The normalized spacial score (nSPS) is 19.2. The molecule has 1 aliphatic rings. The number of nitrogens with one attached hydrogen (secondary N) is 1. The van der Waals surface area contributed by atoms with E-state index in [1.165, 1.54) is 32.1 Å². The van der Waals surface area contributed by atoms with Gasteiger partial charge in [-0.15, -0.1) is 0 Å². The number of aliphatic hydroxyl groups is 1. The van der Waals surface area contributed by atoms with Crippen LogP contribution in [0.4, 0.5) is 0 Å². The molecule has 1 aliphatic carbocycles. The van der Waals surface area contributed by atoms with Crippen molar-refractivity contribution in [3.8, 4) is 5.75 Å². The maximum absolute atomic E-state index is 10.0. The van der Waals surface area contributed by atoms with Crippen molar-refractivity contribution in [2.45, 2.75) is 51.2 Å². The maximum atomic E-state index is 10.0. The van der Waals surface area contributed by atoms with Gasteiger partial charge in [-0.3, -0.25) is 0 Å². The first-order valence-electron chi connectivity index (χ1n) is 7.95. The van der Waals surface area contributed by atoms with Crippen LogP contribution in [0.2, 0.25) is 0 Å². The third-order valence-corrected chi connectivity index (χ3v) is 4.76. The summed E-state index contributed by atoms with van der Waals surface area (Å²) in [6.45, 7) is 3.14. The van der Waals surface area contributed by atoms with Gasteiger partial charge in [-0.2, -0.15) is 0 Å². The van der Waals surface area contributed by atoms with Gasteiger partial charge in [-0.05, 0) is 43.9 Å². The van der Waals surface area contributed by atoms with Gasteiger partial charge in [-0.25, -0.2) is 0 Å². The second-order valence-electron chi connectivity index (χ2n) is 6.02. The summed E-state index contributed by atoms with van der Waals surface area (Å²) in [5.74, 6) is 1.54. The highest BCUT2D eigenvalue weighted by atomic mass is 79.9. The first-order chi connectivity index (χ1) is 10.1. The average Bonchev–Trinajstić information content (AvgIpc) is 2.51. The summed E-state index contributed by atoms with van der Waals surface area (Å²) >= 11 is 3.41. The fraction of sp³-hybridized carbons (Fsp3) is 0.647. The number of ether oxygens (including phenoxy) is 1. The first kappa shape index (κ1) is 16.8. The molecule has 1 saturated carbocycles. The van der Waals surface area contributed by atoms with E-state index < -0.39 is 6.10 Å². The highest BCUT2D eigenvalue weighted by molar-refractivity contribution is 9.10. The molecule has 0 bridgehead atoms. The molecule has 118 valence electrons. The SMILES string of the molecule is C[C@H](NCC(O)COc1cccc(Br)c1)C1CCCCC1. The third-order valence-electron chi connectivity index (χ3n) is 4.27. The molecule has 0 amide bonds. The molecule has 0 heterocycles. The van der Waals surface area contributed by atoms with E-state index in [1.54, 1.807) is 0 Å². The smallest absolute Gasteiger partial charge is 0.120 e. The molecule has 2 N–H and O–H groups in total. The van der Waals surface area contributed by atoms with Crippen molar-refractivity contribution in [1.29, 1.82) is 0 Å². The van der Waals surface area contributed by atoms with Gasteiger partial charge in [-0.1, -0.05) is 41.3 Å². The predicted octanol–water partition coefficient (Wildman–Crippen LogP) is 3.75. The fourth-order valence-electron chi connectivity index (χ4n) is 2.93. The molecule has 1 aromatic rings. The van der Waals surface area contributed by atoms with Crippen molar-refractivity contribution in [2.75, 3.05) is 13.2 Å². The molecule has 21 heavy (non-hydrogen) atoms. The van der Waals surface area contributed by atoms with Gasteiger partial charge in [0, 0.05) is 17.1 Å². The number of hydrogen-bond acceptors (Lipinski definition) is 3. The molecule has 0 aliphatic heterocycles. The zero-order valence-electron chi connectivity index (χ0n) is 12.7. The zero-order valence-corrected chi connectivity index (χ0v) is 14.3. The molecule has 2 rings (SSSR count). The maximum Gasteiger partial charge on any atom is 0.120 e. The highest BCUT2D eigenvalue weighted by Gasteiger charge is 2.20. The molecule has 1 fully saturated rings. The van der Waals surface area contributed by atoms with Crippen molar-refractivity contribution in [2.24, 2.45) is 5.92 Å². The molecular formula is C17H26BrNO2. The van der Waals surface area contributed by atoms with E-state index in [9.17, 15) is 5.11 Å². The number of aliphatic hydroxyl groups excluding tert-OH is 1. The average molecular weight is 356 g/mol. The molecule has 1 aromatic carbocycles. The van der Waals surface area contributed by atoms with Gasteiger partial charge < -0.3 is 15.2 Å². The van der Waals surface area contributed by atoms with Crippen molar-refractivity contribution >= 4 is 15.9 Å². The number of halogens is 1. The van der Waals surface area contributed by atoms with Gasteiger partial charge in [0.2, 0.25) is 0 Å². The highest BCUT2D eigenvalue weighted by Crippen LogP contribution is 2.26. The lowest BCUT2D eigenvalue weighted by Crippen LogP contribution is -2.40. The molecule has 4 heteroatoms. The van der Waals surface area contributed by atoms with Crippen LogP contribution in [0, 0.1) is 5.92 Å². The van der Waals surface area contributed by atoms with Crippen LogP contribution in [-0.2, 0) is 0 Å². The monoisotopic (exact) mass is 355 g/mol. The van der Waals surface area contributed by atoms with Crippen molar-refractivity contribution in [3.05, 3.63) is 28.7 Å². The van der Waals surface area contributed by atoms with E-state index in [2.05, 4.69) is 28.2 Å². The Bertz CT molecular complexity index is 421. The zero-order chi connectivity index (χ0) is 15.1. The van der Waals surface area contributed by atoms with Gasteiger partial charge in [0.25, 0.3) is 0 Å². The van der Waals surface area contributed by atoms with Crippen molar-refractivity contribution < 1.29 is 9.84 Å². The third kappa shape index (κ3) is 5.97. The van der Waals surface area contributed by atoms with Crippen LogP contribution in [0.15, 0.2) is 28.7 Å². The van der Waals surface area contributed by atoms with Gasteiger partial charge >= 0.3 is 0 Å². The summed E-state index contributed by atoms with van der Waals surface area (Å²) in [4.78, 5) is 0. The predicted molar refractivity (Wildman–Crippen MR) is 89.7 cm³/mol. The number of hydrogen-bond donors (Lipinski definition) is 2. The van der Waals surface area contributed by atoms with Gasteiger partial charge in [0.05, 0.1) is 0 Å². The second kappa shape index (κ2) is 8.76. The van der Waals surface area contributed by atoms with Crippen LogP contribution in [0.25, 0.3) is 0 Å². The Morgan fingerprint density at radius 2 is 2.10 bits per heavy atom. The van der Waals surface area contributed by atoms with E-state index in [4.69, 9.17) is 4.74 Å². The Hall–Kier alpha value is -0.580. The molecule has 1 unspecified atom stereocenters. The van der Waals surface area contributed by atoms with Crippen LogP contribution in [0.3, 0.4) is 0 Å². The lowest BCUT2D eigenvalue weighted by molar-refractivity contribution is 0.100. The minimum absolute atomic E-state index is 0.320. The Kier molecular flexibility index (Phi) is 7.00. The quantitative estimate of drug-likeness (QED) is 0.782. The van der Waals surface area contributed by atoms with E-state index in [0.29, 0.717) is 19.2 Å². The molecule has 0 radical (unpaired) electrons. The largest absolute Gasteiger partial charge is 0.491 e. The Balaban J connectivity index is 1.66. The van der Waals surface area contributed by atoms with E-state index in [1.807, 2.05) is 24.3 Å².